The molecule has 0 aliphatic heterocycles. The zero-order valence-corrected chi connectivity index (χ0v) is 16.8. The van der Waals surface area contributed by atoms with Crippen LogP contribution in [0.1, 0.15) is 63.9 Å². The lowest BCUT2D eigenvalue weighted by atomic mass is 9.81. The van der Waals surface area contributed by atoms with Crippen LogP contribution < -0.4 is 4.74 Å². The summed E-state index contributed by atoms with van der Waals surface area (Å²) in [7, 11) is 1.63. The van der Waals surface area contributed by atoms with Gasteiger partial charge in [0.15, 0.2) is 5.78 Å². The van der Waals surface area contributed by atoms with Crippen LogP contribution in [0.3, 0.4) is 0 Å². The molecule has 0 saturated heterocycles. The predicted molar refractivity (Wildman–Crippen MR) is 105 cm³/mol. The summed E-state index contributed by atoms with van der Waals surface area (Å²) in [6, 6.07) is 7.78. The standard InChI is InChI=1S/C22H27NO5/c1-13(2)27-9-10-28-22(25)21-14(3)20-18(23-21)11-16(12-19(20)24)15-5-7-17(26-4)8-6-15/h5-8,13,16,23H,9-12H2,1-4H3. The van der Waals surface area contributed by atoms with E-state index in [1.807, 2.05) is 38.1 Å². The van der Waals surface area contributed by atoms with Crippen molar-refractivity contribution in [1.82, 2.24) is 4.98 Å². The highest BCUT2D eigenvalue weighted by Crippen LogP contribution is 2.35. The van der Waals surface area contributed by atoms with Gasteiger partial charge in [0, 0.05) is 17.7 Å². The number of carbonyl (C=O) groups is 2. The Bertz CT molecular complexity index is 851. The molecule has 1 aromatic carbocycles. The van der Waals surface area contributed by atoms with Crippen molar-refractivity contribution in [2.24, 2.45) is 0 Å². The van der Waals surface area contributed by atoms with Crippen molar-refractivity contribution in [3.8, 4) is 5.75 Å². The highest BCUT2D eigenvalue weighted by Gasteiger charge is 2.32. The van der Waals surface area contributed by atoms with Gasteiger partial charge in [-0.2, -0.15) is 0 Å². The largest absolute Gasteiger partial charge is 0.497 e. The van der Waals surface area contributed by atoms with Gasteiger partial charge in [0.1, 0.15) is 18.1 Å². The third-order valence-electron chi connectivity index (χ3n) is 5.05. The van der Waals surface area contributed by atoms with E-state index in [-0.39, 0.29) is 24.4 Å². The Morgan fingerprint density at radius 1 is 1.18 bits per heavy atom. The second-order valence-electron chi connectivity index (χ2n) is 7.34. The minimum atomic E-state index is -0.451. The van der Waals surface area contributed by atoms with Gasteiger partial charge in [0.2, 0.25) is 0 Å². The number of nitrogens with one attached hydrogen (secondary N) is 1. The van der Waals surface area contributed by atoms with E-state index in [0.29, 0.717) is 36.3 Å². The van der Waals surface area contributed by atoms with Gasteiger partial charge in [-0.05, 0) is 56.4 Å². The van der Waals surface area contributed by atoms with Crippen LogP contribution in [0.15, 0.2) is 24.3 Å². The number of ether oxygens (including phenoxy) is 3. The van der Waals surface area contributed by atoms with E-state index >= 15 is 0 Å². The molecule has 1 atom stereocenters. The first-order chi connectivity index (χ1) is 13.4. The summed E-state index contributed by atoms with van der Waals surface area (Å²) in [5, 5.41) is 0. The summed E-state index contributed by atoms with van der Waals surface area (Å²) >= 11 is 0. The number of H-pyrrole nitrogens is 1. The summed E-state index contributed by atoms with van der Waals surface area (Å²) in [5.74, 6) is 0.465. The predicted octanol–water partition coefficient (Wildman–Crippen LogP) is 3.83. The van der Waals surface area contributed by atoms with Crippen LogP contribution in [0.25, 0.3) is 0 Å². The van der Waals surface area contributed by atoms with Gasteiger partial charge in [-0.1, -0.05) is 12.1 Å². The third kappa shape index (κ3) is 4.28. The maximum atomic E-state index is 12.8. The van der Waals surface area contributed by atoms with Crippen molar-refractivity contribution in [1.29, 1.82) is 0 Å². The zero-order chi connectivity index (χ0) is 20.3. The molecule has 1 unspecified atom stereocenters. The van der Waals surface area contributed by atoms with Crippen LogP contribution in [0.5, 0.6) is 5.75 Å². The first-order valence-corrected chi connectivity index (χ1v) is 9.58. The first kappa shape index (κ1) is 20.1. The van der Waals surface area contributed by atoms with Crippen LogP contribution in [-0.4, -0.2) is 43.2 Å². The van der Waals surface area contributed by atoms with Crippen LogP contribution in [0.2, 0.25) is 0 Å². The smallest absolute Gasteiger partial charge is 0.355 e. The van der Waals surface area contributed by atoms with E-state index in [9.17, 15) is 9.59 Å². The topological polar surface area (TPSA) is 77.6 Å². The average molecular weight is 385 g/mol. The number of aromatic nitrogens is 1. The highest BCUT2D eigenvalue weighted by molar-refractivity contribution is 6.03. The highest BCUT2D eigenvalue weighted by atomic mass is 16.6. The molecule has 1 aliphatic rings. The fourth-order valence-electron chi connectivity index (χ4n) is 3.64. The number of fused-ring (bicyclic) bond motifs is 1. The van der Waals surface area contributed by atoms with Crippen molar-refractivity contribution in [3.05, 3.63) is 52.3 Å². The molecule has 6 nitrogen and oxygen atoms in total. The number of ketones is 1. The SMILES string of the molecule is COc1ccc(C2CC(=O)c3c([nH]c(C(=O)OCCOC(C)C)c3C)C2)cc1. The molecule has 2 aromatic rings. The summed E-state index contributed by atoms with van der Waals surface area (Å²) in [6.45, 7) is 6.18. The number of rotatable bonds is 7. The van der Waals surface area contributed by atoms with Gasteiger partial charge in [-0.3, -0.25) is 4.79 Å². The van der Waals surface area contributed by atoms with Crippen LogP contribution in [0, 0.1) is 6.92 Å². The van der Waals surface area contributed by atoms with E-state index in [1.54, 1.807) is 14.0 Å². The number of Topliss-reactive ketones (excluding diaryl/α,β-unsaturated/α-hetero) is 1. The van der Waals surface area contributed by atoms with Crippen molar-refractivity contribution in [2.45, 2.75) is 45.6 Å². The summed E-state index contributed by atoms with van der Waals surface area (Å²) < 4.78 is 15.9. The Hall–Kier alpha value is -2.60. The maximum absolute atomic E-state index is 12.8. The number of hydrogen-bond acceptors (Lipinski definition) is 5. The van der Waals surface area contributed by atoms with Crippen molar-refractivity contribution >= 4 is 11.8 Å². The van der Waals surface area contributed by atoms with E-state index in [2.05, 4.69) is 4.98 Å². The van der Waals surface area contributed by atoms with Gasteiger partial charge in [-0.25, -0.2) is 4.79 Å². The van der Waals surface area contributed by atoms with E-state index in [4.69, 9.17) is 14.2 Å². The molecular formula is C22H27NO5. The summed E-state index contributed by atoms with van der Waals surface area (Å²) in [5.41, 5.74) is 3.55. The lowest BCUT2D eigenvalue weighted by Crippen LogP contribution is -2.18. The zero-order valence-electron chi connectivity index (χ0n) is 16.8. The lowest BCUT2D eigenvalue weighted by molar-refractivity contribution is 0.0172. The number of benzene rings is 1. The minimum absolute atomic E-state index is 0.0537. The number of carbonyl (C=O) groups excluding carboxylic acids is 2. The molecule has 0 saturated carbocycles. The molecule has 1 N–H and O–H groups in total. The van der Waals surface area contributed by atoms with Gasteiger partial charge in [0.25, 0.3) is 0 Å². The fourth-order valence-corrected chi connectivity index (χ4v) is 3.64. The molecule has 150 valence electrons. The Morgan fingerprint density at radius 3 is 2.54 bits per heavy atom. The second-order valence-corrected chi connectivity index (χ2v) is 7.34. The fraction of sp³-hybridized carbons (Fsp3) is 0.455. The third-order valence-corrected chi connectivity index (χ3v) is 5.05. The Morgan fingerprint density at radius 2 is 1.89 bits per heavy atom. The maximum Gasteiger partial charge on any atom is 0.355 e. The van der Waals surface area contributed by atoms with Gasteiger partial charge < -0.3 is 19.2 Å². The molecule has 28 heavy (non-hydrogen) atoms. The monoisotopic (exact) mass is 385 g/mol. The first-order valence-electron chi connectivity index (χ1n) is 9.58. The molecule has 6 heteroatoms. The Labute approximate surface area is 165 Å². The Balaban J connectivity index is 1.74. The molecule has 0 bridgehead atoms. The molecule has 0 spiro atoms. The summed E-state index contributed by atoms with van der Waals surface area (Å²) in [4.78, 5) is 28.3. The van der Waals surface area contributed by atoms with Gasteiger partial charge >= 0.3 is 5.97 Å². The molecular weight excluding hydrogens is 358 g/mol. The van der Waals surface area contributed by atoms with Crippen LogP contribution >= 0.6 is 0 Å². The molecule has 1 aliphatic carbocycles. The van der Waals surface area contributed by atoms with Crippen LogP contribution in [0.4, 0.5) is 0 Å². The van der Waals surface area contributed by atoms with Crippen LogP contribution in [-0.2, 0) is 15.9 Å². The molecule has 0 radical (unpaired) electrons. The summed E-state index contributed by atoms with van der Waals surface area (Å²) in [6.07, 6.45) is 1.19. The van der Waals surface area contributed by atoms with Crippen molar-refractivity contribution in [2.75, 3.05) is 20.3 Å². The molecule has 3 rings (SSSR count). The normalized spacial score (nSPS) is 16.2. The molecule has 1 heterocycles. The van der Waals surface area contributed by atoms with E-state index in [1.165, 1.54) is 0 Å². The number of methoxy groups -OCH3 is 1. The number of esters is 1. The van der Waals surface area contributed by atoms with E-state index in [0.717, 1.165) is 17.0 Å². The molecule has 1 aromatic heterocycles. The lowest BCUT2D eigenvalue weighted by Gasteiger charge is -2.22. The number of hydrogen-bond donors (Lipinski definition) is 1. The average Bonchev–Trinajstić information content (AvgIpc) is 3.02. The van der Waals surface area contributed by atoms with Gasteiger partial charge in [-0.15, -0.1) is 0 Å². The molecule has 0 fully saturated rings. The second kappa shape index (κ2) is 8.61. The van der Waals surface area contributed by atoms with E-state index < -0.39 is 5.97 Å². The minimum Gasteiger partial charge on any atom is -0.497 e. The van der Waals surface area contributed by atoms with Crippen molar-refractivity contribution < 1.29 is 23.8 Å². The molecule has 0 amide bonds. The quantitative estimate of drug-likeness (QED) is 0.579. The van der Waals surface area contributed by atoms with Gasteiger partial charge in [0.05, 0.1) is 19.8 Å². The van der Waals surface area contributed by atoms with Crippen molar-refractivity contribution in [3.63, 3.8) is 0 Å². The Kier molecular flexibility index (Phi) is 6.19. The number of aromatic amines is 1.